The van der Waals surface area contributed by atoms with Crippen molar-refractivity contribution in [2.24, 2.45) is 0 Å². The van der Waals surface area contributed by atoms with Gasteiger partial charge in [-0.2, -0.15) is 0 Å². The SMILES string of the molecule is CCC(Nc1ccncc1)Oc1cc(C)cc(C(=O)N(C)C(C)C)c1. The first-order valence-electron chi connectivity index (χ1n) is 8.62. The Balaban J connectivity index is 2.17. The van der Waals surface area contributed by atoms with Gasteiger partial charge in [-0.15, -0.1) is 0 Å². The van der Waals surface area contributed by atoms with E-state index in [0.29, 0.717) is 11.3 Å². The minimum atomic E-state index is -0.185. The summed E-state index contributed by atoms with van der Waals surface area (Å²) in [5.74, 6) is 0.688. The third-order valence-electron chi connectivity index (χ3n) is 4.05. The van der Waals surface area contributed by atoms with Crippen molar-refractivity contribution < 1.29 is 9.53 Å². The Labute approximate surface area is 150 Å². The van der Waals surface area contributed by atoms with Gasteiger partial charge in [0.25, 0.3) is 5.91 Å². The molecule has 1 unspecified atom stereocenters. The van der Waals surface area contributed by atoms with E-state index in [0.717, 1.165) is 17.7 Å². The molecule has 2 aromatic rings. The van der Waals surface area contributed by atoms with E-state index in [2.05, 4.69) is 10.3 Å². The molecule has 1 atom stereocenters. The van der Waals surface area contributed by atoms with Gasteiger partial charge in [0, 0.05) is 43.2 Å². The number of ether oxygens (including phenoxy) is 1. The fourth-order valence-electron chi connectivity index (χ4n) is 2.39. The summed E-state index contributed by atoms with van der Waals surface area (Å²) in [5.41, 5.74) is 2.59. The summed E-state index contributed by atoms with van der Waals surface area (Å²) in [7, 11) is 1.82. The molecule has 1 aromatic carbocycles. The van der Waals surface area contributed by atoms with Crippen LogP contribution in [0.1, 0.15) is 43.1 Å². The minimum Gasteiger partial charge on any atom is -0.471 e. The number of carbonyl (C=O) groups excluding carboxylic acids is 1. The van der Waals surface area contributed by atoms with Crippen LogP contribution in [0.3, 0.4) is 0 Å². The summed E-state index contributed by atoms with van der Waals surface area (Å²) in [5, 5.41) is 3.33. The first kappa shape index (κ1) is 18.8. The van der Waals surface area contributed by atoms with E-state index in [1.54, 1.807) is 17.3 Å². The zero-order valence-electron chi connectivity index (χ0n) is 15.6. The smallest absolute Gasteiger partial charge is 0.253 e. The molecule has 0 saturated carbocycles. The highest BCUT2D eigenvalue weighted by Gasteiger charge is 2.16. The second-order valence-electron chi connectivity index (χ2n) is 6.44. The Morgan fingerprint density at radius 1 is 1.24 bits per heavy atom. The molecule has 0 fully saturated rings. The summed E-state index contributed by atoms with van der Waals surface area (Å²) in [6, 6.07) is 9.59. The lowest BCUT2D eigenvalue weighted by Crippen LogP contribution is -2.33. The molecule has 2 rings (SSSR count). The fourth-order valence-corrected chi connectivity index (χ4v) is 2.39. The van der Waals surface area contributed by atoms with Crippen LogP contribution in [0.2, 0.25) is 0 Å². The Hall–Kier alpha value is -2.56. The number of carbonyl (C=O) groups is 1. The predicted octanol–water partition coefficient (Wildman–Crippen LogP) is 4.10. The van der Waals surface area contributed by atoms with Crippen LogP contribution in [-0.2, 0) is 0 Å². The number of rotatable bonds is 7. The lowest BCUT2D eigenvalue weighted by molar-refractivity contribution is 0.0754. The van der Waals surface area contributed by atoms with E-state index >= 15 is 0 Å². The molecule has 25 heavy (non-hydrogen) atoms. The second-order valence-corrected chi connectivity index (χ2v) is 6.44. The lowest BCUT2D eigenvalue weighted by atomic mass is 10.1. The van der Waals surface area contributed by atoms with Gasteiger partial charge < -0.3 is 15.0 Å². The summed E-state index contributed by atoms with van der Waals surface area (Å²) in [4.78, 5) is 18.3. The van der Waals surface area contributed by atoms with Crippen molar-refractivity contribution in [3.8, 4) is 5.75 Å². The molecule has 0 bridgehead atoms. The maximum atomic E-state index is 12.6. The van der Waals surface area contributed by atoms with Gasteiger partial charge in [-0.3, -0.25) is 9.78 Å². The van der Waals surface area contributed by atoms with E-state index in [9.17, 15) is 4.79 Å². The van der Waals surface area contributed by atoms with Crippen molar-refractivity contribution in [3.63, 3.8) is 0 Å². The maximum Gasteiger partial charge on any atom is 0.253 e. The van der Waals surface area contributed by atoms with Gasteiger partial charge in [0.1, 0.15) is 5.75 Å². The minimum absolute atomic E-state index is 0.00121. The fraction of sp³-hybridized carbons (Fsp3) is 0.400. The standard InChI is InChI=1S/C20H27N3O2/c1-6-19(22-17-7-9-21-10-8-17)25-18-12-15(4)11-16(13-18)20(24)23(5)14(2)3/h7-14,19H,6H2,1-5H3,(H,21,22). The molecular weight excluding hydrogens is 314 g/mol. The first-order valence-corrected chi connectivity index (χ1v) is 8.62. The summed E-state index contributed by atoms with van der Waals surface area (Å²) >= 11 is 0. The molecule has 1 N–H and O–H groups in total. The summed E-state index contributed by atoms with van der Waals surface area (Å²) in [6.45, 7) is 8.01. The largest absolute Gasteiger partial charge is 0.471 e. The highest BCUT2D eigenvalue weighted by molar-refractivity contribution is 5.94. The third kappa shape index (κ3) is 5.21. The van der Waals surface area contributed by atoms with Crippen LogP contribution in [0.5, 0.6) is 5.75 Å². The third-order valence-corrected chi connectivity index (χ3v) is 4.05. The van der Waals surface area contributed by atoms with Crippen LogP contribution < -0.4 is 10.1 Å². The molecule has 1 heterocycles. The normalized spacial score (nSPS) is 11.9. The molecule has 0 radical (unpaired) electrons. The molecule has 5 nitrogen and oxygen atoms in total. The highest BCUT2D eigenvalue weighted by Crippen LogP contribution is 2.21. The van der Waals surface area contributed by atoms with Crippen molar-refractivity contribution in [2.45, 2.75) is 46.4 Å². The Morgan fingerprint density at radius 2 is 1.92 bits per heavy atom. The number of nitrogens with one attached hydrogen (secondary N) is 1. The van der Waals surface area contributed by atoms with Gasteiger partial charge in [0.15, 0.2) is 6.23 Å². The molecule has 134 valence electrons. The number of aryl methyl sites for hydroxylation is 1. The molecule has 1 amide bonds. The van der Waals surface area contributed by atoms with Gasteiger partial charge in [-0.1, -0.05) is 6.92 Å². The number of nitrogens with zero attached hydrogens (tertiary/aromatic N) is 2. The van der Waals surface area contributed by atoms with Crippen LogP contribution in [0, 0.1) is 6.92 Å². The van der Waals surface area contributed by atoms with E-state index in [1.165, 1.54) is 0 Å². The number of hydrogen-bond donors (Lipinski definition) is 1. The summed E-state index contributed by atoms with van der Waals surface area (Å²) in [6.07, 6.45) is 4.07. The Morgan fingerprint density at radius 3 is 2.52 bits per heavy atom. The molecule has 5 heteroatoms. The topological polar surface area (TPSA) is 54.5 Å². The maximum absolute atomic E-state index is 12.6. The molecule has 1 aromatic heterocycles. The van der Waals surface area contributed by atoms with Gasteiger partial charge in [0.05, 0.1) is 0 Å². The second kappa shape index (κ2) is 8.51. The summed E-state index contributed by atoms with van der Waals surface area (Å²) < 4.78 is 6.08. The van der Waals surface area contributed by atoms with Crippen LogP contribution in [0.15, 0.2) is 42.7 Å². The molecular formula is C20H27N3O2. The van der Waals surface area contributed by atoms with Gasteiger partial charge in [-0.05, 0) is 56.7 Å². The number of aromatic nitrogens is 1. The number of benzene rings is 1. The molecule has 0 spiro atoms. The number of anilines is 1. The van der Waals surface area contributed by atoms with Crippen molar-refractivity contribution in [2.75, 3.05) is 12.4 Å². The van der Waals surface area contributed by atoms with E-state index in [1.807, 2.05) is 65.1 Å². The van der Waals surface area contributed by atoms with Crippen molar-refractivity contribution >= 4 is 11.6 Å². The number of amides is 1. The van der Waals surface area contributed by atoms with Crippen molar-refractivity contribution in [3.05, 3.63) is 53.9 Å². The van der Waals surface area contributed by atoms with E-state index in [-0.39, 0.29) is 18.2 Å². The van der Waals surface area contributed by atoms with Gasteiger partial charge in [-0.25, -0.2) is 0 Å². The van der Waals surface area contributed by atoms with Crippen LogP contribution in [0.25, 0.3) is 0 Å². The number of hydrogen-bond acceptors (Lipinski definition) is 4. The quantitative estimate of drug-likeness (QED) is 0.771. The monoisotopic (exact) mass is 341 g/mol. The molecule has 0 aliphatic carbocycles. The van der Waals surface area contributed by atoms with E-state index < -0.39 is 0 Å². The lowest BCUT2D eigenvalue weighted by Gasteiger charge is -2.23. The average molecular weight is 341 g/mol. The molecule has 0 aliphatic rings. The van der Waals surface area contributed by atoms with E-state index in [4.69, 9.17) is 4.74 Å². The molecule has 0 aliphatic heterocycles. The Bertz CT molecular complexity index is 701. The van der Waals surface area contributed by atoms with Gasteiger partial charge in [0.2, 0.25) is 0 Å². The average Bonchev–Trinajstić information content (AvgIpc) is 2.60. The van der Waals surface area contributed by atoms with Gasteiger partial charge >= 0.3 is 0 Å². The number of pyridine rings is 1. The first-order chi connectivity index (χ1) is 11.9. The van der Waals surface area contributed by atoms with Crippen LogP contribution >= 0.6 is 0 Å². The Kier molecular flexibility index (Phi) is 6.39. The zero-order chi connectivity index (χ0) is 18.4. The predicted molar refractivity (Wildman–Crippen MR) is 101 cm³/mol. The van der Waals surface area contributed by atoms with Crippen molar-refractivity contribution in [1.82, 2.24) is 9.88 Å². The van der Waals surface area contributed by atoms with Crippen molar-refractivity contribution in [1.29, 1.82) is 0 Å². The van der Waals surface area contributed by atoms with Crippen LogP contribution in [-0.4, -0.2) is 35.1 Å². The van der Waals surface area contributed by atoms with Crippen LogP contribution in [0.4, 0.5) is 5.69 Å². The zero-order valence-corrected chi connectivity index (χ0v) is 15.6. The highest BCUT2D eigenvalue weighted by atomic mass is 16.5. The molecule has 0 saturated heterocycles.